The molecule has 92 valence electrons. The van der Waals surface area contributed by atoms with Crippen molar-refractivity contribution in [3.8, 4) is 24.7 Å². The molecule has 1 heterocycles. The molecule has 1 aliphatic rings. The Bertz CT molecular complexity index is 481. The zero-order valence-electron chi connectivity index (χ0n) is 10.4. The fourth-order valence-corrected chi connectivity index (χ4v) is 2.19. The summed E-state index contributed by atoms with van der Waals surface area (Å²) in [5, 5.41) is 9.95. The van der Waals surface area contributed by atoms with Crippen LogP contribution in [0.25, 0.3) is 0 Å². The Morgan fingerprint density at radius 1 is 1.17 bits per heavy atom. The number of nitrogens with zero attached hydrogens (tertiary/aromatic N) is 1. The summed E-state index contributed by atoms with van der Waals surface area (Å²) >= 11 is 0. The van der Waals surface area contributed by atoms with Gasteiger partial charge in [0.05, 0.1) is 0 Å². The monoisotopic (exact) mass is 239 g/mol. The molecule has 1 aromatic carbocycles. The molecule has 0 unspecified atom stereocenters. The number of likely N-dealkylation sites (tertiary alicyclic amines) is 1. The molecule has 1 saturated heterocycles. The van der Waals surface area contributed by atoms with Gasteiger partial charge in [-0.1, -0.05) is 24.0 Å². The summed E-state index contributed by atoms with van der Waals surface area (Å²) in [7, 11) is 0. The molecule has 0 aromatic heterocycles. The van der Waals surface area contributed by atoms with Gasteiger partial charge in [-0.2, -0.15) is 0 Å². The van der Waals surface area contributed by atoms with Gasteiger partial charge in [-0.05, 0) is 17.7 Å². The summed E-state index contributed by atoms with van der Waals surface area (Å²) in [6.45, 7) is 2.54. The molecule has 0 bridgehead atoms. The Kier molecular flexibility index (Phi) is 3.72. The third kappa shape index (κ3) is 2.93. The normalized spacial score (nSPS) is 18.8. The van der Waals surface area contributed by atoms with E-state index in [0.29, 0.717) is 12.8 Å². The summed E-state index contributed by atoms with van der Waals surface area (Å²) in [6.07, 6.45) is 11.9. The van der Waals surface area contributed by atoms with Crippen LogP contribution in [0.5, 0.6) is 0 Å². The van der Waals surface area contributed by atoms with E-state index in [4.69, 9.17) is 12.8 Å². The number of piperidine rings is 1. The zero-order chi connectivity index (χ0) is 13.0. The fourth-order valence-electron chi connectivity index (χ4n) is 2.19. The van der Waals surface area contributed by atoms with E-state index in [1.807, 2.05) is 12.1 Å². The van der Waals surface area contributed by atoms with Crippen LogP contribution < -0.4 is 0 Å². The first-order valence-electron chi connectivity index (χ1n) is 6.13. The van der Waals surface area contributed by atoms with Crippen LogP contribution in [0.2, 0.25) is 0 Å². The molecule has 0 atom stereocenters. The number of hydrogen-bond donors (Lipinski definition) is 1. The summed E-state index contributed by atoms with van der Waals surface area (Å²) in [6, 6.07) is 8.02. The third-order valence-electron chi connectivity index (χ3n) is 3.48. The van der Waals surface area contributed by atoms with Crippen molar-refractivity contribution in [1.82, 2.24) is 4.90 Å². The lowest BCUT2D eigenvalue weighted by molar-refractivity contribution is 0.0248. The molecule has 0 radical (unpaired) electrons. The van der Waals surface area contributed by atoms with E-state index in [1.54, 1.807) is 0 Å². The summed E-state index contributed by atoms with van der Waals surface area (Å²) in [5.74, 6) is 5.09. The highest BCUT2D eigenvalue weighted by atomic mass is 16.3. The predicted octanol–water partition coefficient (Wildman–Crippen LogP) is 1.63. The van der Waals surface area contributed by atoms with Crippen LogP contribution in [0.4, 0.5) is 0 Å². The molecule has 2 heteroatoms. The maximum absolute atomic E-state index is 9.95. The number of aliphatic hydroxyl groups is 1. The first-order chi connectivity index (χ1) is 8.65. The smallest absolute Gasteiger partial charge is 0.127 e. The lowest BCUT2D eigenvalue weighted by atomic mass is 9.92. The molecule has 0 amide bonds. The van der Waals surface area contributed by atoms with Gasteiger partial charge >= 0.3 is 0 Å². The van der Waals surface area contributed by atoms with Crippen molar-refractivity contribution in [3.05, 3.63) is 35.4 Å². The standard InChI is InChI=1S/C16H17NO/c1-3-14-5-7-15(8-6-14)13-17-11-9-16(18,4-2)10-12-17/h1-2,5-8,18H,9-13H2. The molecule has 1 N–H and O–H groups in total. The summed E-state index contributed by atoms with van der Waals surface area (Å²) in [4.78, 5) is 2.30. The quantitative estimate of drug-likeness (QED) is 0.793. The van der Waals surface area contributed by atoms with Crippen molar-refractivity contribution in [1.29, 1.82) is 0 Å². The molecule has 1 aliphatic heterocycles. The van der Waals surface area contributed by atoms with Gasteiger partial charge in [0.25, 0.3) is 0 Å². The van der Waals surface area contributed by atoms with Crippen LogP contribution >= 0.6 is 0 Å². The van der Waals surface area contributed by atoms with Gasteiger partial charge in [0.2, 0.25) is 0 Å². The molecular weight excluding hydrogens is 222 g/mol. The zero-order valence-corrected chi connectivity index (χ0v) is 10.4. The summed E-state index contributed by atoms with van der Waals surface area (Å²) < 4.78 is 0. The molecule has 18 heavy (non-hydrogen) atoms. The van der Waals surface area contributed by atoms with E-state index in [9.17, 15) is 5.11 Å². The number of terminal acetylenes is 2. The van der Waals surface area contributed by atoms with Crippen molar-refractivity contribution in [2.24, 2.45) is 0 Å². The Balaban J connectivity index is 1.92. The number of hydrogen-bond acceptors (Lipinski definition) is 2. The molecule has 2 nitrogen and oxygen atoms in total. The largest absolute Gasteiger partial charge is 0.378 e. The van der Waals surface area contributed by atoms with Gasteiger partial charge in [-0.25, -0.2) is 0 Å². The van der Waals surface area contributed by atoms with E-state index >= 15 is 0 Å². The highest BCUT2D eigenvalue weighted by Crippen LogP contribution is 2.22. The van der Waals surface area contributed by atoms with E-state index in [1.165, 1.54) is 5.56 Å². The minimum atomic E-state index is -0.899. The lowest BCUT2D eigenvalue weighted by Crippen LogP contribution is -2.43. The number of rotatable bonds is 2. The van der Waals surface area contributed by atoms with Gasteiger partial charge < -0.3 is 5.11 Å². The maximum atomic E-state index is 9.95. The van der Waals surface area contributed by atoms with Crippen molar-refractivity contribution >= 4 is 0 Å². The topological polar surface area (TPSA) is 23.5 Å². The minimum absolute atomic E-state index is 0.645. The first kappa shape index (κ1) is 12.7. The lowest BCUT2D eigenvalue weighted by Gasteiger charge is -2.34. The van der Waals surface area contributed by atoms with E-state index < -0.39 is 5.60 Å². The molecule has 0 spiro atoms. The fraction of sp³-hybridized carbons (Fsp3) is 0.375. The molecule has 1 aromatic rings. The van der Waals surface area contributed by atoms with Crippen LogP contribution in [0.3, 0.4) is 0 Å². The van der Waals surface area contributed by atoms with Crippen LogP contribution in [0, 0.1) is 24.7 Å². The third-order valence-corrected chi connectivity index (χ3v) is 3.48. The highest BCUT2D eigenvalue weighted by Gasteiger charge is 2.29. The Morgan fingerprint density at radius 3 is 2.28 bits per heavy atom. The molecule has 1 fully saturated rings. The Hall–Kier alpha value is -1.74. The van der Waals surface area contributed by atoms with Crippen molar-refractivity contribution < 1.29 is 5.11 Å². The SMILES string of the molecule is C#Cc1ccc(CN2CCC(O)(C#C)CC2)cc1. The van der Waals surface area contributed by atoms with Crippen molar-refractivity contribution in [3.63, 3.8) is 0 Å². The Morgan fingerprint density at radius 2 is 1.78 bits per heavy atom. The first-order valence-corrected chi connectivity index (χ1v) is 6.13. The van der Waals surface area contributed by atoms with Crippen LogP contribution in [-0.4, -0.2) is 28.7 Å². The van der Waals surface area contributed by atoms with E-state index in [-0.39, 0.29) is 0 Å². The van der Waals surface area contributed by atoms with E-state index in [0.717, 1.165) is 25.2 Å². The van der Waals surface area contributed by atoms with Gasteiger partial charge in [-0.15, -0.1) is 12.8 Å². The van der Waals surface area contributed by atoms with Crippen LogP contribution in [0.15, 0.2) is 24.3 Å². The average molecular weight is 239 g/mol. The molecular formula is C16H17NO. The van der Waals surface area contributed by atoms with Crippen LogP contribution in [0.1, 0.15) is 24.0 Å². The second kappa shape index (κ2) is 5.27. The van der Waals surface area contributed by atoms with E-state index in [2.05, 4.69) is 28.9 Å². The maximum Gasteiger partial charge on any atom is 0.127 e. The highest BCUT2D eigenvalue weighted by molar-refractivity contribution is 5.34. The summed E-state index contributed by atoms with van der Waals surface area (Å²) in [5.41, 5.74) is 1.24. The molecule has 2 rings (SSSR count). The number of benzene rings is 1. The minimum Gasteiger partial charge on any atom is -0.378 e. The molecule has 0 aliphatic carbocycles. The second-order valence-electron chi connectivity index (χ2n) is 4.79. The van der Waals surface area contributed by atoms with Gasteiger partial charge in [0.15, 0.2) is 0 Å². The Labute approximate surface area is 109 Å². The van der Waals surface area contributed by atoms with Crippen LogP contribution in [-0.2, 0) is 6.54 Å². The van der Waals surface area contributed by atoms with Gasteiger partial charge in [0.1, 0.15) is 5.60 Å². The average Bonchev–Trinajstić information content (AvgIpc) is 2.42. The van der Waals surface area contributed by atoms with Crippen molar-refractivity contribution in [2.45, 2.75) is 25.0 Å². The van der Waals surface area contributed by atoms with Crippen molar-refractivity contribution in [2.75, 3.05) is 13.1 Å². The van der Waals surface area contributed by atoms with Gasteiger partial charge in [-0.3, -0.25) is 4.90 Å². The van der Waals surface area contributed by atoms with Gasteiger partial charge in [0, 0.05) is 38.0 Å². The second-order valence-corrected chi connectivity index (χ2v) is 4.79. The molecule has 0 saturated carbocycles. The predicted molar refractivity (Wildman–Crippen MR) is 72.7 cm³/mol.